The van der Waals surface area contributed by atoms with Gasteiger partial charge in [0.05, 0.1) is 11.1 Å². The third-order valence-electron chi connectivity index (χ3n) is 3.76. The van der Waals surface area contributed by atoms with Crippen LogP contribution in [0.5, 0.6) is 0 Å². The lowest BCUT2D eigenvalue weighted by Crippen LogP contribution is -2.41. The highest BCUT2D eigenvalue weighted by atomic mass is 32.1. The summed E-state index contributed by atoms with van der Waals surface area (Å²) in [4.78, 5) is 24.3. The van der Waals surface area contributed by atoms with Crippen LogP contribution in [0.25, 0.3) is 5.69 Å². The predicted molar refractivity (Wildman–Crippen MR) is 94.5 cm³/mol. The van der Waals surface area contributed by atoms with Gasteiger partial charge in [-0.3, -0.25) is 20.4 Å². The predicted octanol–water partition coefficient (Wildman–Crippen LogP) is 3.23. The number of aromatic nitrogens is 1. The van der Waals surface area contributed by atoms with E-state index in [0.29, 0.717) is 11.1 Å². The summed E-state index contributed by atoms with van der Waals surface area (Å²) in [6, 6.07) is 13.3. The number of para-hydroxylation sites is 1. The molecular formula is C18H17N3O2S. The van der Waals surface area contributed by atoms with E-state index in [9.17, 15) is 9.59 Å². The lowest BCUT2D eigenvalue weighted by molar-refractivity contribution is 0.0846. The Kier molecular flexibility index (Phi) is 4.48. The highest BCUT2D eigenvalue weighted by molar-refractivity contribution is 7.08. The van der Waals surface area contributed by atoms with Crippen LogP contribution in [0, 0.1) is 13.8 Å². The van der Waals surface area contributed by atoms with Gasteiger partial charge in [-0.2, -0.15) is 11.3 Å². The second-order valence-electron chi connectivity index (χ2n) is 5.38. The molecule has 0 fully saturated rings. The Balaban J connectivity index is 1.78. The Morgan fingerprint density at radius 2 is 1.71 bits per heavy atom. The third-order valence-corrected chi connectivity index (χ3v) is 4.45. The molecule has 0 bridgehead atoms. The number of hydrazine groups is 1. The van der Waals surface area contributed by atoms with E-state index in [1.165, 1.54) is 11.3 Å². The topological polar surface area (TPSA) is 63.1 Å². The molecule has 3 aromatic rings. The molecule has 24 heavy (non-hydrogen) atoms. The average Bonchev–Trinajstić information content (AvgIpc) is 3.21. The summed E-state index contributed by atoms with van der Waals surface area (Å²) in [7, 11) is 0. The largest absolute Gasteiger partial charge is 0.318 e. The second kappa shape index (κ2) is 6.72. The van der Waals surface area contributed by atoms with Crippen molar-refractivity contribution in [3.63, 3.8) is 0 Å². The SMILES string of the molecule is Cc1cc(C(=O)NNC(=O)c2ccsc2)c(C)n1-c1ccccc1. The first kappa shape index (κ1) is 16.0. The van der Waals surface area contributed by atoms with E-state index in [0.717, 1.165) is 17.1 Å². The van der Waals surface area contributed by atoms with Crippen LogP contribution in [-0.2, 0) is 0 Å². The number of nitrogens with one attached hydrogen (secondary N) is 2. The minimum Gasteiger partial charge on any atom is -0.318 e. The smallest absolute Gasteiger partial charge is 0.271 e. The van der Waals surface area contributed by atoms with Crippen molar-refractivity contribution < 1.29 is 9.59 Å². The van der Waals surface area contributed by atoms with Crippen LogP contribution in [-0.4, -0.2) is 16.4 Å². The van der Waals surface area contributed by atoms with E-state index in [1.54, 1.807) is 11.4 Å². The zero-order chi connectivity index (χ0) is 17.1. The average molecular weight is 339 g/mol. The van der Waals surface area contributed by atoms with Gasteiger partial charge in [0, 0.05) is 22.5 Å². The number of aryl methyl sites for hydroxylation is 1. The summed E-state index contributed by atoms with van der Waals surface area (Å²) >= 11 is 1.43. The zero-order valence-electron chi connectivity index (χ0n) is 13.4. The van der Waals surface area contributed by atoms with Crippen LogP contribution in [0.1, 0.15) is 32.1 Å². The molecule has 6 heteroatoms. The van der Waals surface area contributed by atoms with Gasteiger partial charge in [0.25, 0.3) is 11.8 Å². The summed E-state index contributed by atoms with van der Waals surface area (Å²) in [6.07, 6.45) is 0. The first-order valence-electron chi connectivity index (χ1n) is 7.45. The molecule has 2 N–H and O–H groups in total. The summed E-state index contributed by atoms with van der Waals surface area (Å²) in [5, 5.41) is 3.53. The van der Waals surface area contributed by atoms with Crippen LogP contribution in [0.3, 0.4) is 0 Å². The molecule has 0 saturated heterocycles. The van der Waals surface area contributed by atoms with Crippen LogP contribution >= 0.6 is 11.3 Å². The molecule has 0 aliphatic rings. The molecule has 0 atom stereocenters. The highest BCUT2D eigenvalue weighted by Gasteiger charge is 2.17. The number of thiophene rings is 1. The Morgan fingerprint density at radius 1 is 1.00 bits per heavy atom. The van der Waals surface area contributed by atoms with Crippen molar-refractivity contribution in [2.24, 2.45) is 0 Å². The number of benzene rings is 1. The molecule has 1 aromatic carbocycles. The quantitative estimate of drug-likeness (QED) is 0.720. The summed E-state index contributed by atoms with van der Waals surface area (Å²) in [5.41, 5.74) is 8.73. The van der Waals surface area contributed by atoms with Crippen LogP contribution in [0.15, 0.2) is 53.2 Å². The lowest BCUT2D eigenvalue weighted by Gasteiger charge is -2.10. The number of rotatable bonds is 3. The van der Waals surface area contributed by atoms with E-state index >= 15 is 0 Å². The minimum atomic E-state index is -0.339. The first-order valence-corrected chi connectivity index (χ1v) is 8.39. The molecule has 0 saturated carbocycles. The Labute approximate surface area is 143 Å². The lowest BCUT2D eigenvalue weighted by atomic mass is 10.2. The molecule has 2 heterocycles. The van der Waals surface area contributed by atoms with Crippen molar-refractivity contribution >= 4 is 23.2 Å². The maximum atomic E-state index is 12.4. The summed E-state index contributed by atoms with van der Waals surface area (Å²) in [5.74, 6) is -0.671. The second-order valence-corrected chi connectivity index (χ2v) is 6.16. The minimum absolute atomic E-state index is 0.332. The fraction of sp³-hybridized carbons (Fsp3) is 0.111. The van der Waals surface area contributed by atoms with Gasteiger partial charge in [-0.25, -0.2) is 0 Å². The summed E-state index contributed by atoms with van der Waals surface area (Å²) in [6.45, 7) is 3.83. The van der Waals surface area contributed by atoms with E-state index in [1.807, 2.05) is 60.2 Å². The number of carbonyl (C=O) groups is 2. The number of hydrogen-bond acceptors (Lipinski definition) is 3. The molecule has 2 aromatic heterocycles. The van der Waals surface area contributed by atoms with Crippen molar-refractivity contribution in [2.75, 3.05) is 0 Å². The Morgan fingerprint density at radius 3 is 2.38 bits per heavy atom. The molecule has 0 spiro atoms. The van der Waals surface area contributed by atoms with Crippen molar-refractivity contribution in [1.29, 1.82) is 0 Å². The van der Waals surface area contributed by atoms with Gasteiger partial charge in [0.1, 0.15) is 0 Å². The Hall–Kier alpha value is -2.86. The number of amides is 2. The first-order chi connectivity index (χ1) is 11.6. The summed E-state index contributed by atoms with van der Waals surface area (Å²) < 4.78 is 2.01. The van der Waals surface area contributed by atoms with E-state index < -0.39 is 0 Å². The molecule has 0 radical (unpaired) electrons. The van der Waals surface area contributed by atoms with Gasteiger partial charge in [-0.15, -0.1) is 0 Å². The molecule has 122 valence electrons. The number of hydrogen-bond donors (Lipinski definition) is 2. The third kappa shape index (κ3) is 3.09. The molecule has 3 rings (SSSR count). The van der Waals surface area contributed by atoms with Crippen LogP contribution in [0.4, 0.5) is 0 Å². The molecule has 2 amide bonds. The molecule has 5 nitrogen and oxygen atoms in total. The van der Waals surface area contributed by atoms with Gasteiger partial charge in [0.2, 0.25) is 0 Å². The Bertz CT molecular complexity index is 867. The van der Waals surface area contributed by atoms with E-state index in [2.05, 4.69) is 10.9 Å². The van der Waals surface area contributed by atoms with Gasteiger partial charge >= 0.3 is 0 Å². The monoisotopic (exact) mass is 339 g/mol. The molecule has 0 aliphatic carbocycles. The maximum Gasteiger partial charge on any atom is 0.271 e. The van der Waals surface area contributed by atoms with Gasteiger partial charge in [-0.05, 0) is 43.5 Å². The molecule has 0 aliphatic heterocycles. The van der Waals surface area contributed by atoms with Crippen LogP contribution < -0.4 is 10.9 Å². The van der Waals surface area contributed by atoms with Crippen molar-refractivity contribution in [2.45, 2.75) is 13.8 Å². The number of nitrogens with zero attached hydrogens (tertiary/aromatic N) is 1. The fourth-order valence-electron chi connectivity index (χ4n) is 2.61. The van der Waals surface area contributed by atoms with Crippen molar-refractivity contribution in [3.05, 3.63) is 75.7 Å². The van der Waals surface area contributed by atoms with Crippen LogP contribution in [0.2, 0.25) is 0 Å². The maximum absolute atomic E-state index is 12.4. The number of carbonyl (C=O) groups excluding carboxylic acids is 2. The van der Waals surface area contributed by atoms with Gasteiger partial charge < -0.3 is 4.57 Å². The highest BCUT2D eigenvalue weighted by Crippen LogP contribution is 2.20. The molecular weight excluding hydrogens is 322 g/mol. The standard InChI is InChI=1S/C18H17N3O2S/c1-12-10-16(13(2)21(12)15-6-4-3-5-7-15)18(23)20-19-17(22)14-8-9-24-11-14/h3-11H,1-2H3,(H,19,22)(H,20,23). The van der Waals surface area contributed by atoms with E-state index in [4.69, 9.17) is 0 Å². The van der Waals surface area contributed by atoms with Gasteiger partial charge in [0.15, 0.2) is 0 Å². The molecule has 0 unspecified atom stereocenters. The van der Waals surface area contributed by atoms with Crippen molar-refractivity contribution in [3.8, 4) is 5.69 Å². The fourth-order valence-corrected chi connectivity index (χ4v) is 3.25. The van der Waals surface area contributed by atoms with E-state index in [-0.39, 0.29) is 11.8 Å². The zero-order valence-corrected chi connectivity index (χ0v) is 14.2. The van der Waals surface area contributed by atoms with Crippen molar-refractivity contribution in [1.82, 2.24) is 15.4 Å². The normalized spacial score (nSPS) is 10.4. The van der Waals surface area contributed by atoms with Gasteiger partial charge in [-0.1, -0.05) is 18.2 Å².